The van der Waals surface area contributed by atoms with E-state index in [0.717, 1.165) is 17.7 Å². The van der Waals surface area contributed by atoms with Gasteiger partial charge in [0.15, 0.2) is 3.95 Å². The zero-order valence-corrected chi connectivity index (χ0v) is 17.5. The number of hydrogen-bond donors (Lipinski definition) is 2. The van der Waals surface area contributed by atoms with Gasteiger partial charge in [-0.25, -0.2) is 0 Å². The Kier molecular flexibility index (Phi) is 4.78. The number of para-hydroxylation sites is 1. The number of ether oxygens (including phenoxy) is 2. The van der Waals surface area contributed by atoms with E-state index >= 15 is 0 Å². The van der Waals surface area contributed by atoms with E-state index in [1.807, 2.05) is 35.8 Å². The maximum absolute atomic E-state index is 13.1. The molecule has 0 bridgehead atoms. The molecule has 9 heteroatoms. The van der Waals surface area contributed by atoms with Gasteiger partial charge in [-0.2, -0.15) is 0 Å². The molecule has 2 fully saturated rings. The van der Waals surface area contributed by atoms with Gasteiger partial charge in [0.05, 0.1) is 24.2 Å². The van der Waals surface area contributed by atoms with Crippen LogP contribution in [0, 0.1) is 9.87 Å². The van der Waals surface area contributed by atoms with Crippen LogP contribution < -0.4 is 10.6 Å². The molecule has 29 heavy (non-hydrogen) atoms. The summed E-state index contributed by atoms with van der Waals surface area (Å²) in [5.41, 5.74) is 1.83. The van der Waals surface area contributed by atoms with Crippen LogP contribution in [0.3, 0.4) is 0 Å². The second kappa shape index (κ2) is 7.32. The number of rotatable bonds is 3. The van der Waals surface area contributed by atoms with E-state index in [4.69, 9.17) is 21.7 Å². The Balaban J connectivity index is 1.49. The molecule has 2 amide bonds. The van der Waals surface area contributed by atoms with Crippen LogP contribution in [0.15, 0.2) is 24.3 Å². The Labute approximate surface area is 177 Å². The molecule has 0 spiro atoms. The van der Waals surface area contributed by atoms with Crippen LogP contribution in [-0.2, 0) is 20.7 Å². The largest absolute Gasteiger partial charge is 0.349 e. The van der Waals surface area contributed by atoms with Crippen molar-refractivity contribution in [3.8, 4) is 0 Å². The van der Waals surface area contributed by atoms with E-state index in [9.17, 15) is 9.59 Å². The second-order valence-electron chi connectivity index (χ2n) is 7.54. The zero-order valence-electron chi connectivity index (χ0n) is 15.8. The van der Waals surface area contributed by atoms with Crippen molar-refractivity contribution in [2.75, 3.05) is 17.4 Å². The molecule has 152 valence electrons. The number of aromatic nitrogens is 1. The molecule has 7 nitrogen and oxygen atoms in total. The first-order valence-electron chi connectivity index (χ1n) is 9.75. The van der Waals surface area contributed by atoms with Gasteiger partial charge in [-0.3, -0.25) is 9.59 Å². The number of nitrogens with zero attached hydrogens (tertiary/aromatic N) is 1. The zero-order chi connectivity index (χ0) is 20.1. The van der Waals surface area contributed by atoms with Crippen molar-refractivity contribution in [3.05, 3.63) is 38.7 Å². The van der Waals surface area contributed by atoms with E-state index in [-0.39, 0.29) is 42.8 Å². The molecule has 2 N–H and O–H groups in total. The van der Waals surface area contributed by atoms with E-state index in [0.29, 0.717) is 27.5 Å². The predicted octanol–water partition coefficient (Wildman–Crippen LogP) is 3.74. The number of thiazole rings is 1. The lowest BCUT2D eigenvalue weighted by molar-refractivity contribution is -0.125. The first-order valence-corrected chi connectivity index (χ1v) is 11.0. The van der Waals surface area contributed by atoms with Crippen molar-refractivity contribution < 1.29 is 19.1 Å². The number of carbonyl (C=O) groups excluding carboxylic acids is 2. The van der Waals surface area contributed by atoms with E-state index in [1.54, 1.807) is 0 Å². The number of aryl methyl sites for hydroxylation is 1. The first-order chi connectivity index (χ1) is 14.1. The van der Waals surface area contributed by atoms with E-state index in [1.165, 1.54) is 11.3 Å². The molecule has 0 radical (unpaired) electrons. The van der Waals surface area contributed by atoms with Gasteiger partial charge in [0.2, 0.25) is 5.91 Å². The fourth-order valence-electron chi connectivity index (χ4n) is 4.54. The summed E-state index contributed by atoms with van der Waals surface area (Å²) in [4.78, 5) is 26.3. The van der Waals surface area contributed by atoms with Gasteiger partial charge in [0, 0.05) is 5.69 Å². The van der Waals surface area contributed by atoms with Crippen molar-refractivity contribution in [3.63, 3.8) is 0 Å². The minimum absolute atomic E-state index is 0.0366. The summed E-state index contributed by atoms with van der Waals surface area (Å²) in [6.45, 7) is 2.31. The Morgan fingerprint density at radius 2 is 2.07 bits per heavy atom. The number of hydrogen-bond acceptors (Lipinski definition) is 6. The number of fused-ring (bicyclic) bond motifs is 4. The van der Waals surface area contributed by atoms with Crippen LogP contribution in [0.2, 0.25) is 0 Å². The van der Waals surface area contributed by atoms with Gasteiger partial charge in [-0.05, 0) is 43.1 Å². The van der Waals surface area contributed by atoms with Gasteiger partial charge >= 0.3 is 0 Å². The smallest absolute Gasteiger partial charge is 0.269 e. The van der Waals surface area contributed by atoms with Crippen molar-refractivity contribution in [2.24, 2.45) is 5.92 Å². The third-order valence-electron chi connectivity index (χ3n) is 6.01. The fourth-order valence-corrected chi connectivity index (χ4v) is 5.91. The summed E-state index contributed by atoms with van der Waals surface area (Å²) in [5.74, 6) is -0.0815. The molecule has 1 aliphatic carbocycles. The molecule has 2 aromatic rings. The Morgan fingerprint density at radius 1 is 1.31 bits per heavy atom. The molecule has 3 heterocycles. The van der Waals surface area contributed by atoms with Gasteiger partial charge in [0.25, 0.3) is 5.91 Å². The highest BCUT2D eigenvalue weighted by Crippen LogP contribution is 2.46. The predicted molar refractivity (Wildman–Crippen MR) is 112 cm³/mol. The maximum Gasteiger partial charge on any atom is 0.269 e. The minimum atomic E-state index is -0.261. The topological polar surface area (TPSA) is 81.6 Å². The lowest BCUT2D eigenvalue weighted by atomic mass is 9.79. The second-order valence-corrected chi connectivity index (χ2v) is 9.19. The third kappa shape index (κ3) is 3.13. The number of amides is 2. The van der Waals surface area contributed by atoms with Crippen molar-refractivity contribution in [2.45, 2.75) is 44.4 Å². The van der Waals surface area contributed by atoms with Crippen molar-refractivity contribution in [1.29, 1.82) is 0 Å². The quantitative estimate of drug-likeness (QED) is 0.724. The highest BCUT2D eigenvalue weighted by Gasteiger charge is 2.48. The van der Waals surface area contributed by atoms with Gasteiger partial charge in [-0.15, -0.1) is 0 Å². The number of carbonyl (C=O) groups is 2. The molecule has 1 saturated carbocycles. The third-order valence-corrected chi connectivity index (χ3v) is 7.41. The molecule has 3 aliphatic rings. The summed E-state index contributed by atoms with van der Waals surface area (Å²) in [6, 6.07) is 7.59. The van der Waals surface area contributed by atoms with Crippen molar-refractivity contribution in [1.82, 2.24) is 4.57 Å². The van der Waals surface area contributed by atoms with Crippen LogP contribution in [0.25, 0.3) is 0 Å². The van der Waals surface area contributed by atoms with Crippen molar-refractivity contribution >= 4 is 46.9 Å². The highest BCUT2D eigenvalue weighted by molar-refractivity contribution is 7.73. The molecule has 4 atom stereocenters. The van der Waals surface area contributed by atoms with Gasteiger partial charge in [0.1, 0.15) is 17.5 Å². The Bertz CT molecular complexity index is 1050. The first kappa shape index (κ1) is 18.9. The summed E-state index contributed by atoms with van der Waals surface area (Å²) in [7, 11) is 0. The van der Waals surface area contributed by atoms with Crippen LogP contribution >= 0.6 is 23.6 Å². The van der Waals surface area contributed by atoms with E-state index < -0.39 is 0 Å². The normalized spacial score (nSPS) is 27.6. The summed E-state index contributed by atoms with van der Waals surface area (Å²) >= 11 is 6.83. The van der Waals surface area contributed by atoms with Gasteiger partial charge in [-0.1, -0.05) is 36.5 Å². The number of nitrogens with one attached hydrogen (secondary N) is 2. The fraction of sp³-hybridized carbons (Fsp3) is 0.450. The van der Waals surface area contributed by atoms with Crippen LogP contribution in [0.4, 0.5) is 11.5 Å². The lowest BCUT2D eigenvalue weighted by Gasteiger charge is -2.40. The molecular formula is C20H21N3O4S2. The monoisotopic (exact) mass is 431 g/mol. The molecule has 1 saturated heterocycles. The number of benzene rings is 1. The Morgan fingerprint density at radius 3 is 2.86 bits per heavy atom. The number of anilines is 2. The summed E-state index contributed by atoms with van der Waals surface area (Å²) in [6.07, 6.45) is 1.98. The molecule has 2 aliphatic heterocycles. The Hall–Kier alpha value is -2.07. The van der Waals surface area contributed by atoms with Gasteiger partial charge < -0.3 is 24.7 Å². The minimum Gasteiger partial charge on any atom is -0.349 e. The molecule has 4 unspecified atom stereocenters. The molecule has 1 aromatic carbocycles. The summed E-state index contributed by atoms with van der Waals surface area (Å²) < 4.78 is 13.8. The maximum atomic E-state index is 13.1. The average molecular weight is 432 g/mol. The van der Waals surface area contributed by atoms with Crippen LogP contribution in [-0.4, -0.2) is 35.4 Å². The van der Waals surface area contributed by atoms with Crippen LogP contribution in [0.5, 0.6) is 0 Å². The molecule has 1 aromatic heterocycles. The highest BCUT2D eigenvalue weighted by atomic mass is 32.1. The standard InChI is InChI=1S/C20H21N3O4S2/c1-2-10-5-3-4-6-12(10)21-19(25)16-17-22-18(24)11-7-14-15(27-9-26-14)8-13(11)23(17)20(28)29-16/h3-6,11,13-15H,2,7-9H2,1H3,(H,21,25)(H,22,24). The molecular weight excluding hydrogens is 410 g/mol. The summed E-state index contributed by atoms with van der Waals surface area (Å²) in [5, 5.41) is 5.92. The average Bonchev–Trinajstić information content (AvgIpc) is 3.31. The SMILES string of the molecule is CCc1ccccc1NC(=O)c1sc(=S)n2c1NC(=O)C1CC3OCOC3CC12. The molecule has 5 rings (SSSR count). The van der Waals surface area contributed by atoms with Crippen LogP contribution in [0.1, 0.15) is 41.0 Å². The van der Waals surface area contributed by atoms with E-state index in [2.05, 4.69) is 10.6 Å². The lowest BCUT2D eigenvalue weighted by Crippen LogP contribution is -2.46.